The van der Waals surface area contributed by atoms with Crippen LogP contribution in [-0.2, 0) is 13.5 Å². The van der Waals surface area contributed by atoms with E-state index in [1.54, 1.807) is 0 Å². The van der Waals surface area contributed by atoms with Gasteiger partial charge in [0.05, 0.1) is 0 Å². The maximum absolute atomic E-state index is 4.19. The Morgan fingerprint density at radius 3 is 2.79 bits per heavy atom. The van der Waals surface area contributed by atoms with Crippen molar-refractivity contribution in [2.75, 3.05) is 0 Å². The highest BCUT2D eigenvalue weighted by atomic mass is 79.9. The molecular weight excluding hydrogens is 240 g/mol. The molecule has 0 saturated heterocycles. The van der Waals surface area contributed by atoms with Crippen LogP contribution in [0.25, 0.3) is 0 Å². The van der Waals surface area contributed by atoms with Crippen molar-refractivity contribution in [1.82, 2.24) is 9.78 Å². The molecule has 78 valence electrons. The fourth-order valence-electron chi connectivity index (χ4n) is 2.03. The first-order valence-electron chi connectivity index (χ1n) is 5.25. The highest BCUT2D eigenvalue weighted by molar-refractivity contribution is 9.09. The van der Waals surface area contributed by atoms with Crippen LogP contribution in [0.15, 0.2) is 12.3 Å². The summed E-state index contributed by atoms with van der Waals surface area (Å²) in [5, 5.41) is 4.19. The van der Waals surface area contributed by atoms with Crippen LogP contribution >= 0.6 is 15.9 Å². The lowest BCUT2D eigenvalue weighted by molar-refractivity contribution is 0.459. The molecule has 3 heteroatoms. The van der Waals surface area contributed by atoms with Gasteiger partial charge in [-0.1, -0.05) is 22.9 Å². The van der Waals surface area contributed by atoms with Gasteiger partial charge in [0.15, 0.2) is 0 Å². The first-order valence-corrected chi connectivity index (χ1v) is 6.17. The molecule has 0 radical (unpaired) electrons. The summed E-state index contributed by atoms with van der Waals surface area (Å²) in [7, 11) is 2.02. The van der Waals surface area contributed by atoms with Crippen molar-refractivity contribution in [3.05, 3.63) is 18.0 Å². The largest absolute Gasteiger partial charge is 0.273 e. The number of rotatable bonds is 4. The third-order valence-corrected chi connectivity index (χ3v) is 4.51. The summed E-state index contributed by atoms with van der Waals surface area (Å²) in [5.74, 6) is 0. The van der Waals surface area contributed by atoms with Crippen molar-refractivity contribution in [1.29, 1.82) is 0 Å². The smallest absolute Gasteiger partial charge is 0.0492 e. The lowest BCUT2D eigenvalue weighted by atomic mass is 9.96. The second-order valence-electron chi connectivity index (χ2n) is 4.42. The fraction of sp³-hybridized carbons (Fsp3) is 0.727. The van der Waals surface area contributed by atoms with E-state index in [9.17, 15) is 0 Å². The first-order chi connectivity index (χ1) is 6.64. The molecule has 1 atom stereocenters. The molecule has 0 N–H and O–H groups in total. The van der Waals surface area contributed by atoms with E-state index in [0.717, 1.165) is 6.42 Å². The number of halogens is 1. The molecule has 0 aromatic carbocycles. The lowest BCUT2D eigenvalue weighted by Gasteiger charge is -2.17. The molecule has 1 aromatic rings. The predicted molar refractivity (Wildman–Crippen MR) is 61.6 cm³/mol. The molecule has 0 spiro atoms. The summed E-state index contributed by atoms with van der Waals surface area (Å²) < 4.78 is 1.98. The highest BCUT2D eigenvalue weighted by Crippen LogP contribution is 2.54. The van der Waals surface area contributed by atoms with Gasteiger partial charge in [-0.3, -0.25) is 4.68 Å². The molecule has 1 aromatic heterocycles. The van der Waals surface area contributed by atoms with Gasteiger partial charge >= 0.3 is 0 Å². The van der Waals surface area contributed by atoms with Crippen molar-refractivity contribution in [2.24, 2.45) is 12.5 Å². The Labute approximate surface area is 93.8 Å². The molecule has 0 amide bonds. The Kier molecular flexibility index (Phi) is 2.69. The van der Waals surface area contributed by atoms with Crippen molar-refractivity contribution in [3.8, 4) is 0 Å². The summed E-state index contributed by atoms with van der Waals surface area (Å²) in [6.45, 7) is 2.27. The van der Waals surface area contributed by atoms with Crippen LogP contribution in [0, 0.1) is 5.41 Å². The van der Waals surface area contributed by atoms with Crippen LogP contribution in [0.4, 0.5) is 0 Å². The van der Waals surface area contributed by atoms with Gasteiger partial charge in [-0.15, -0.1) is 0 Å². The molecule has 1 aliphatic carbocycles. The molecule has 2 rings (SSSR count). The fourth-order valence-corrected chi connectivity index (χ4v) is 2.72. The van der Waals surface area contributed by atoms with Gasteiger partial charge in [0.1, 0.15) is 0 Å². The van der Waals surface area contributed by atoms with E-state index >= 15 is 0 Å². The number of aryl methyl sites for hydroxylation is 2. The van der Waals surface area contributed by atoms with Crippen molar-refractivity contribution in [2.45, 2.75) is 37.4 Å². The molecule has 0 bridgehead atoms. The standard InChI is InChI=1S/C11H17BrN2/c1-9(12)11(6-7-11)5-3-10-4-8-13-14(10)2/h4,8-9H,3,5-7H2,1-2H3. The molecule has 1 unspecified atom stereocenters. The van der Waals surface area contributed by atoms with Crippen LogP contribution in [0.5, 0.6) is 0 Å². The van der Waals surface area contributed by atoms with Gasteiger partial charge in [-0.25, -0.2) is 0 Å². The van der Waals surface area contributed by atoms with E-state index in [1.165, 1.54) is 25.0 Å². The number of hydrogen-bond acceptors (Lipinski definition) is 1. The summed E-state index contributed by atoms with van der Waals surface area (Å²) in [6.07, 6.45) is 7.10. The Morgan fingerprint density at radius 1 is 1.64 bits per heavy atom. The Hall–Kier alpha value is -0.310. The summed E-state index contributed by atoms with van der Waals surface area (Å²) in [4.78, 5) is 0.656. The Bertz CT molecular complexity index is 313. The molecule has 2 nitrogen and oxygen atoms in total. The maximum Gasteiger partial charge on any atom is 0.0492 e. The van der Waals surface area contributed by atoms with Gasteiger partial charge in [0.2, 0.25) is 0 Å². The number of aromatic nitrogens is 2. The minimum absolute atomic E-state index is 0.588. The zero-order valence-corrected chi connectivity index (χ0v) is 10.4. The second kappa shape index (κ2) is 3.69. The van der Waals surface area contributed by atoms with Crippen molar-refractivity contribution >= 4 is 15.9 Å². The van der Waals surface area contributed by atoms with Gasteiger partial charge in [0.25, 0.3) is 0 Å². The van der Waals surface area contributed by atoms with Crippen LogP contribution in [0.3, 0.4) is 0 Å². The monoisotopic (exact) mass is 256 g/mol. The van der Waals surface area contributed by atoms with Crippen molar-refractivity contribution < 1.29 is 0 Å². The summed E-state index contributed by atoms with van der Waals surface area (Å²) >= 11 is 3.72. The van der Waals surface area contributed by atoms with Gasteiger partial charge in [-0.05, 0) is 37.2 Å². The van der Waals surface area contributed by atoms with E-state index in [-0.39, 0.29) is 0 Å². The predicted octanol–water partition coefficient (Wildman–Crippen LogP) is 2.92. The van der Waals surface area contributed by atoms with Crippen LogP contribution in [0.1, 0.15) is 31.9 Å². The third-order valence-electron chi connectivity index (χ3n) is 3.54. The molecule has 1 fully saturated rings. The van der Waals surface area contributed by atoms with Gasteiger partial charge in [0, 0.05) is 23.8 Å². The van der Waals surface area contributed by atoms with Crippen LogP contribution in [-0.4, -0.2) is 14.6 Å². The first kappa shape index (κ1) is 10.2. The van der Waals surface area contributed by atoms with E-state index in [1.807, 2.05) is 17.9 Å². The van der Waals surface area contributed by atoms with E-state index in [4.69, 9.17) is 0 Å². The minimum Gasteiger partial charge on any atom is -0.273 e. The third kappa shape index (κ3) is 1.88. The Morgan fingerprint density at radius 2 is 2.36 bits per heavy atom. The lowest BCUT2D eigenvalue weighted by Crippen LogP contribution is -2.13. The highest BCUT2D eigenvalue weighted by Gasteiger charge is 2.45. The zero-order valence-electron chi connectivity index (χ0n) is 8.83. The van der Waals surface area contributed by atoms with Crippen molar-refractivity contribution in [3.63, 3.8) is 0 Å². The Balaban J connectivity index is 1.92. The second-order valence-corrected chi connectivity index (χ2v) is 5.80. The molecule has 0 aliphatic heterocycles. The molecule has 14 heavy (non-hydrogen) atoms. The molecule has 1 heterocycles. The van der Waals surface area contributed by atoms with Crippen LogP contribution < -0.4 is 0 Å². The molecule has 1 saturated carbocycles. The van der Waals surface area contributed by atoms with E-state index < -0.39 is 0 Å². The number of nitrogens with zero attached hydrogens (tertiary/aromatic N) is 2. The number of alkyl halides is 1. The quantitative estimate of drug-likeness (QED) is 0.758. The SMILES string of the molecule is CC(Br)C1(CCc2ccnn2C)CC1. The topological polar surface area (TPSA) is 17.8 Å². The average molecular weight is 257 g/mol. The average Bonchev–Trinajstić information content (AvgIpc) is 2.83. The number of hydrogen-bond donors (Lipinski definition) is 0. The van der Waals surface area contributed by atoms with E-state index in [2.05, 4.69) is 34.0 Å². The molecular formula is C11H17BrN2. The van der Waals surface area contributed by atoms with Gasteiger partial charge in [-0.2, -0.15) is 5.10 Å². The summed E-state index contributed by atoms with van der Waals surface area (Å²) in [6, 6.07) is 2.12. The zero-order chi connectivity index (χ0) is 10.2. The minimum atomic E-state index is 0.588. The van der Waals surface area contributed by atoms with Crippen LogP contribution in [0.2, 0.25) is 0 Å². The normalized spacial score (nSPS) is 20.8. The maximum atomic E-state index is 4.19. The van der Waals surface area contributed by atoms with Gasteiger partial charge < -0.3 is 0 Å². The van der Waals surface area contributed by atoms with E-state index in [0.29, 0.717) is 10.2 Å². The summed E-state index contributed by atoms with van der Waals surface area (Å²) in [5.41, 5.74) is 1.94. The molecule has 1 aliphatic rings.